The van der Waals surface area contributed by atoms with Gasteiger partial charge in [0.25, 0.3) is 5.91 Å². The summed E-state index contributed by atoms with van der Waals surface area (Å²) in [6, 6.07) is 6.88. The quantitative estimate of drug-likeness (QED) is 0.630. The van der Waals surface area contributed by atoms with E-state index in [0.29, 0.717) is 16.5 Å². The van der Waals surface area contributed by atoms with Crippen LogP contribution in [-0.2, 0) is 4.74 Å². The summed E-state index contributed by atoms with van der Waals surface area (Å²) in [6.07, 6.45) is 3.66. The number of aromatic nitrogens is 3. The summed E-state index contributed by atoms with van der Waals surface area (Å²) in [6.45, 7) is 1.86. The monoisotopic (exact) mass is 406 g/mol. The first-order valence-corrected chi connectivity index (χ1v) is 9.02. The molecule has 2 aromatic heterocycles. The third-order valence-corrected chi connectivity index (χ3v) is 4.52. The number of carbonyl (C=O) groups excluding carboxylic acids is 2. The number of halogens is 1. The molecule has 1 N–H and O–H groups in total. The van der Waals surface area contributed by atoms with Crippen molar-refractivity contribution in [1.29, 1.82) is 0 Å². The zero-order chi connectivity index (χ0) is 19.4. The number of rotatable bonds is 6. The van der Waals surface area contributed by atoms with Gasteiger partial charge in [0.1, 0.15) is 5.75 Å². The van der Waals surface area contributed by atoms with E-state index in [2.05, 4.69) is 14.9 Å². The third-order valence-electron chi connectivity index (χ3n) is 3.58. The summed E-state index contributed by atoms with van der Waals surface area (Å²) in [4.78, 5) is 24.6. The second-order valence-corrected chi connectivity index (χ2v) is 6.38. The van der Waals surface area contributed by atoms with Gasteiger partial charge in [-0.1, -0.05) is 16.1 Å². The molecule has 3 aromatic rings. The Morgan fingerprint density at radius 2 is 2.04 bits per heavy atom. The lowest BCUT2D eigenvalue weighted by Crippen LogP contribution is -2.16. The van der Waals surface area contributed by atoms with Crippen molar-refractivity contribution in [1.82, 2.24) is 14.2 Å². The summed E-state index contributed by atoms with van der Waals surface area (Å²) in [5, 5.41) is 6.87. The lowest BCUT2D eigenvalue weighted by atomic mass is 10.1. The van der Waals surface area contributed by atoms with Gasteiger partial charge >= 0.3 is 5.97 Å². The Balaban J connectivity index is 1.91. The maximum atomic E-state index is 12.7. The number of nitrogens with zero attached hydrogens (tertiary/aromatic N) is 3. The van der Waals surface area contributed by atoms with Gasteiger partial charge in [-0.2, -0.15) is 0 Å². The van der Waals surface area contributed by atoms with Crippen LogP contribution >= 0.6 is 23.1 Å². The molecule has 1 aromatic carbocycles. The van der Waals surface area contributed by atoms with E-state index in [1.165, 1.54) is 13.2 Å². The molecular formula is C17H15ClN4O4S. The molecule has 0 aliphatic heterocycles. The minimum atomic E-state index is -0.658. The fourth-order valence-electron chi connectivity index (χ4n) is 2.36. The van der Waals surface area contributed by atoms with Crippen molar-refractivity contribution in [3.8, 4) is 11.4 Å². The Morgan fingerprint density at radius 1 is 1.30 bits per heavy atom. The molecular weight excluding hydrogens is 392 g/mol. The highest BCUT2D eigenvalue weighted by Gasteiger charge is 2.22. The number of anilines is 1. The maximum Gasteiger partial charge on any atom is 0.362 e. The molecule has 0 bridgehead atoms. The van der Waals surface area contributed by atoms with Crippen molar-refractivity contribution in [2.75, 3.05) is 19.0 Å². The van der Waals surface area contributed by atoms with E-state index in [1.54, 1.807) is 17.6 Å². The van der Waals surface area contributed by atoms with Crippen molar-refractivity contribution in [2.24, 2.45) is 0 Å². The first-order chi connectivity index (χ1) is 13.0. The lowest BCUT2D eigenvalue weighted by molar-refractivity contribution is 0.0520. The van der Waals surface area contributed by atoms with Crippen molar-refractivity contribution in [3.05, 3.63) is 52.9 Å². The molecule has 0 spiro atoms. The molecule has 8 nitrogen and oxygen atoms in total. The molecule has 27 heavy (non-hydrogen) atoms. The van der Waals surface area contributed by atoms with Gasteiger partial charge in [0.2, 0.25) is 5.69 Å². The molecule has 0 aliphatic carbocycles. The number of carbonyl (C=O) groups is 2. The van der Waals surface area contributed by atoms with Gasteiger partial charge in [-0.3, -0.25) is 4.79 Å². The molecule has 140 valence electrons. The van der Waals surface area contributed by atoms with E-state index >= 15 is 0 Å². The number of esters is 1. The van der Waals surface area contributed by atoms with Gasteiger partial charge in [-0.15, -0.1) is 5.10 Å². The molecule has 0 atom stereocenters. The second kappa shape index (κ2) is 8.19. The summed E-state index contributed by atoms with van der Waals surface area (Å²) in [7, 11) is 1.46. The SMILES string of the molecule is CCOC(=O)c1nnsc1NC(=O)c1cc(Cl)c(-n2cccc2)cc1OC. The van der Waals surface area contributed by atoms with Gasteiger partial charge in [-0.25, -0.2) is 4.79 Å². The van der Waals surface area contributed by atoms with Crippen LogP contribution in [0.1, 0.15) is 27.8 Å². The summed E-state index contributed by atoms with van der Waals surface area (Å²) < 4.78 is 15.7. The largest absolute Gasteiger partial charge is 0.496 e. The predicted octanol–water partition coefficient (Wildman–Crippen LogP) is 3.42. The number of amides is 1. The van der Waals surface area contributed by atoms with Crippen molar-refractivity contribution in [3.63, 3.8) is 0 Å². The highest BCUT2D eigenvalue weighted by molar-refractivity contribution is 7.10. The van der Waals surface area contributed by atoms with Crippen LogP contribution in [0.4, 0.5) is 5.00 Å². The second-order valence-electron chi connectivity index (χ2n) is 5.22. The highest BCUT2D eigenvalue weighted by Crippen LogP contribution is 2.31. The van der Waals surface area contributed by atoms with Crippen LogP contribution in [0.5, 0.6) is 5.75 Å². The normalized spacial score (nSPS) is 10.5. The fourth-order valence-corrected chi connectivity index (χ4v) is 3.17. The third kappa shape index (κ3) is 3.93. The number of hydrogen-bond donors (Lipinski definition) is 1. The fraction of sp³-hybridized carbons (Fsp3) is 0.176. The van der Waals surface area contributed by atoms with Gasteiger partial charge in [0, 0.05) is 30.0 Å². The van der Waals surface area contributed by atoms with Crippen molar-refractivity contribution < 1.29 is 19.1 Å². The van der Waals surface area contributed by atoms with Gasteiger partial charge in [0.05, 0.1) is 30.0 Å². The Kier molecular flexibility index (Phi) is 5.72. The molecule has 0 aliphatic rings. The van der Waals surface area contributed by atoms with Gasteiger partial charge < -0.3 is 19.4 Å². The van der Waals surface area contributed by atoms with Crippen LogP contribution in [-0.4, -0.2) is 39.7 Å². The number of ether oxygens (including phenoxy) is 2. The topological polar surface area (TPSA) is 95.3 Å². The van der Waals surface area contributed by atoms with E-state index in [0.717, 1.165) is 11.5 Å². The zero-order valence-corrected chi connectivity index (χ0v) is 16.0. The maximum absolute atomic E-state index is 12.7. The lowest BCUT2D eigenvalue weighted by Gasteiger charge is -2.13. The number of nitrogens with one attached hydrogen (secondary N) is 1. The van der Waals surface area contributed by atoms with Crippen LogP contribution in [0.2, 0.25) is 5.02 Å². The van der Waals surface area contributed by atoms with E-state index in [9.17, 15) is 9.59 Å². The summed E-state index contributed by atoms with van der Waals surface area (Å²) in [5.74, 6) is -0.838. The molecule has 0 saturated carbocycles. The standard InChI is InChI=1S/C17H15ClN4O4S/c1-3-26-17(24)14-16(27-21-20-14)19-15(23)10-8-11(18)12(9-13(10)25-2)22-6-4-5-7-22/h4-9H,3H2,1-2H3,(H,19,23). The van der Waals surface area contributed by atoms with Crippen LogP contribution < -0.4 is 10.1 Å². The first-order valence-electron chi connectivity index (χ1n) is 7.86. The van der Waals surface area contributed by atoms with Crippen LogP contribution in [0.25, 0.3) is 5.69 Å². The van der Waals surface area contributed by atoms with Crippen LogP contribution in [0.3, 0.4) is 0 Å². The molecule has 2 heterocycles. The Labute approximate surface area is 163 Å². The van der Waals surface area contributed by atoms with Crippen LogP contribution in [0, 0.1) is 0 Å². The van der Waals surface area contributed by atoms with E-state index in [-0.39, 0.29) is 22.9 Å². The minimum Gasteiger partial charge on any atom is -0.496 e. The minimum absolute atomic E-state index is 0.0516. The highest BCUT2D eigenvalue weighted by atomic mass is 35.5. The molecule has 1 amide bonds. The molecule has 0 unspecified atom stereocenters. The van der Waals surface area contributed by atoms with Gasteiger partial charge in [-0.05, 0) is 25.1 Å². The molecule has 10 heteroatoms. The smallest absolute Gasteiger partial charge is 0.362 e. The van der Waals surface area contributed by atoms with Gasteiger partial charge in [0.15, 0.2) is 5.00 Å². The van der Waals surface area contributed by atoms with E-state index in [1.807, 2.05) is 24.5 Å². The molecule has 3 rings (SSSR count). The Bertz CT molecular complexity index is 971. The van der Waals surface area contributed by atoms with Crippen molar-refractivity contribution in [2.45, 2.75) is 6.92 Å². The van der Waals surface area contributed by atoms with E-state index < -0.39 is 11.9 Å². The molecule has 0 fully saturated rings. The first kappa shape index (κ1) is 18.9. The summed E-state index contributed by atoms with van der Waals surface area (Å²) >= 11 is 7.22. The molecule has 0 radical (unpaired) electrons. The zero-order valence-electron chi connectivity index (χ0n) is 14.4. The Morgan fingerprint density at radius 3 is 2.70 bits per heavy atom. The number of benzene rings is 1. The van der Waals surface area contributed by atoms with E-state index in [4.69, 9.17) is 21.1 Å². The number of methoxy groups -OCH3 is 1. The molecule has 0 saturated heterocycles. The predicted molar refractivity (Wildman–Crippen MR) is 101 cm³/mol. The van der Waals surface area contributed by atoms with Crippen LogP contribution in [0.15, 0.2) is 36.7 Å². The number of hydrogen-bond acceptors (Lipinski definition) is 7. The summed E-state index contributed by atoms with van der Waals surface area (Å²) in [5.41, 5.74) is 0.826. The Hall–Kier alpha value is -2.91. The average molecular weight is 407 g/mol. The van der Waals surface area contributed by atoms with Crippen molar-refractivity contribution >= 4 is 40.0 Å². The average Bonchev–Trinajstić information content (AvgIpc) is 3.33.